The summed E-state index contributed by atoms with van der Waals surface area (Å²) in [6.07, 6.45) is 17.9. The molecule has 5 heteroatoms. The second-order valence-electron chi connectivity index (χ2n) is 8.63. The van der Waals surface area contributed by atoms with Crippen molar-refractivity contribution < 1.29 is 18.7 Å². The average Bonchev–Trinajstić information content (AvgIpc) is 2.64. The van der Waals surface area contributed by atoms with Crippen LogP contribution in [0.1, 0.15) is 84.0 Å². The maximum Gasteiger partial charge on any atom is 0.305 e. The highest BCUT2D eigenvalue weighted by atomic mass is 28.4. The Morgan fingerprint density at radius 3 is 2.18 bits per heavy atom. The van der Waals surface area contributed by atoms with Gasteiger partial charge in [-0.05, 0) is 51.7 Å². The smallest absolute Gasteiger partial charge is 0.305 e. The Labute approximate surface area is 175 Å². The molecule has 0 aliphatic rings. The van der Waals surface area contributed by atoms with Crippen LogP contribution in [0.25, 0.3) is 0 Å². The van der Waals surface area contributed by atoms with Crippen LogP contribution in [0.4, 0.5) is 0 Å². The van der Waals surface area contributed by atoms with Gasteiger partial charge >= 0.3 is 5.97 Å². The van der Waals surface area contributed by atoms with E-state index in [9.17, 15) is 4.79 Å². The zero-order valence-electron chi connectivity index (χ0n) is 19.4. The van der Waals surface area contributed by atoms with Crippen molar-refractivity contribution in [2.24, 2.45) is 0 Å². The van der Waals surface area contributed by atoms with Crippen molar-refractivity contribution in [3.8, 4) is 0 Å². The average molecular weight is 415 g/mol. The van der Waals surface area contributed by atoms with Crippen LogP contribution in [0.3, 0.4) is 0 Å². The molecule has 0 aromatic rings. The number of ether oxygens (including phenoxy) is 2. The molecule has 0 N–H and O–H groups in total. The summed E-state index contributed by atoms with van der Waals surface area (Å²) in [5.41, 5.74) is 0. The third kappa shape index (κ3) is 16.3. The Morgan fingerprint density at radius 1 is 0.893 bits per heavy atom. The lowest BCUT2D eigenvalue weighted by Gasteiger charge is -2.31. The molecule has 0 rings (SSSR count). The van der Waals surface area contributed by atoms with Gasteiger partial charge in [0.1, 0.15) is 0 Å². The van der Waals surface area contributed by atoms with Gasteiger partial charge in [-0.2, -0.15) is 0 Å². The van der Waals surface area contributed by atoms with Crippen LogP contribution < -0.4 is 0 Å². The first kappa shape index (κ1) is 27.3. The maximum absolute atomic E-state index is 11.1. The van der Waals surface area contributed by atoms with E-state index in [1.165, 1.54) is 32.8 Å². The van der Waals surface area contributed by atoms with Crippen LogP contribution >= 0.6 is 0 Å². The molecule has 166 valence electrons. The zero-order valence-corrected chi connectivity index (χ0v) is 20.4. The van der Waals surface area contributed by atoms with Crippen LogP contribution in [0.5, 0.6) is 0 Å². The third-order valence-corrected chi connectivity index (χ3v) is 5.84. The van der Waals surface area contributed by atoms with Crippen LogP contribution in [0, 0.1) is 0 Å². The van der Waals surface area contributed by atoms with E-state index in [1.807, 2.05) is 7.11 Å². The molecule has 0 amide bonds. The lowest BCUT2D eigenvalue weighted by atomic mass is 10.0. The quantitative estimate of drug-likeness (QED) is 0.109. The van der Waals surface area contributed by atoms with Crippen LogP contribution in [0.15, 0.2) is 12.2 Å². The Bertz CT molecular complexity index is 404. The Balaban J connectivity index is 4.30. The molecular formula is C23H46O4Si. The van der Waals surface area contributed by atoms with Crippen LogP contribution in [-0.2, 0) is 18.7 Å². The minimum absolute atomic E-state index is 0.103. The highest BCUT2D eigenvalue weighted by molar-refractivity contribution is 6.69. The molecule has 0 radical (unpaired) electrons. The molecule has 0 spiro atoms. The number of esters is 1. The van der Waals surface area contributed by atoms with Gasteiger partial charge < -0.3 is 13.9 Å². The Hall–Kier alpha value is -0.653. The molecule has 0 aromatic heterocycles. The lowest BCUT2D eigenvalue weighted by Crippen LogP contribution is -2.39. The van der Waals surface area contributed by atoms with Crippen molar-refractivity contribution in [3.05, 3.63) is 12.2 Å². The first-order valence-corrected chi connectivity index (χ1v) is 14.7. The van der Waals surface area contributed by atoms with Gasteiger partial charge in [0.2, 0.25) is 0 Å². The fourth-order valence-corrected chi connectivity index (χ4v) is 4.45. The van der Waals surface area contributed by atoms with E-state index in [4.69, 9.17) is 9.16 Å². The summed E-state index contributed by atoms with van der Waals surface area (Å²) in [7, 11) is 1.65. The molecule has 0 aromatic carbocycles. The van der Waals surface area contributed by atoms with Gasteiger partial charge in [-0.25, -0.2) is 0 Å². The largest absolute Gasteiger partial charge is 0.469 e. The van der Waals surface area contributed by atoms with E-state index in [0.717, 1.165) is 44.9 Å². The number of carbonyl (C=O) groups excluding carboxylic acids is 1. The molecule has 0 fully saturated rings. The number of rotatable bonds is 18. The van der Waals surface area contributed by atoms with Crippen molar-refractivity contribution in [1.82, 2.24) is 0 Å². The maximum atomic E-state index is 11.1. The fourth-order valence-electron chi connectivity index (χ4n) is 3.29. The standard InChI is InChI=1S/C23H46O4Si/c1-7-8-9-10-12-16-19-22(27-28(4,5)6)21(25-2)18-15-13-11-14-17-20-23(24)26-3/h12,16,21-22H,7-11,13-15,17-20H2,1-6H3/b16-12-/t21-,22-/m0/s1. The molecule has 0 saturated carbocycles. The van der Waals surface area contributed by atoms with Gasteiger partial charge in [0.15, 0.2) is 8.32 Å². The molecule has 0 bridgehead atoms. The molecule has 2 atom stereocenters. The van der Waals surface area contributed by atoms with Gasteiger partial charge in [-0.1, -0.05) is 57.6 Å². The topological polar surface area (TPSA) is 44.8 Å². The van der Waals surface area contributed by atoms with Crippen molar-refractivity contribution >= 4 is 14.3 Å². The van der Waals surface area contributed by atoms with E-state index in [1.54, 1.807) is 0 Å². The normalized spacial score (nSPS) is 14.4. The monoisotopic (exact) mass is 414 g/mol. The molecule has 0 unspecified atom stereocenters. The molecule has 0 saturated heterocycles. The van der Waals surface area contributed by atoms with Gasteiger partial charge in [-0.3, -0.25) is 4.79 Å². The van der Waals surface area contributed by atoms with E-state index in [2.05, 4.69) is 43.5 Å². The Morgan fingerprint density at radius 2 is 1.57 bits per heavy atom. The molecule has 4 nitrogen and oxygen atoms in total. The predicted molar refractivity (Wildman–Crippen MR) is 121 cm³/mol. The summed E-state index contributed by atoms with van der Waals surface area (Å²) in [5, 5.41) is 0. The second-order valence-corrected chi connectivity index (χ2v) is 13.1. The van der Waals surface area contributed by atoms with Crippen molar-refractivity contribution in [3.63, 3.8) is 0 Å². The Kier molecular flexibility index (Phi) is 16.8. The zero-order chi connectivity index (χ0) is 21.3. The SMILES string of the molecule is CCCCC/C=C\C[C@H](O[Si](C)(C)C)[C@H](CCCCCCCC(=O)OC)OC. The number of hydrogen-bond acceptors (Lipinski definition) is 4. The fraction of sp³-hybridized carbons (Fsp3) is 0.870. The summed E-state index contributed by atoms with van der Waals surface area (Å²) < 4.78 is 17.0. The molecule has 28 heavy (non-hydrogen) atoms. The lowest BCUT2D eigenvalue weighted by molar-refractivity contribution is -0.140. The van der Waals surface area contributed by atoms with Crippen molar-refractivity contribution in [2.75, 3.05) is 14.2 Å². The number of allylic oxidation sites excluding steroid dienone is 1. The summed E-state index contributed by atoms with van der Waals surface area (Å²) in [6, 6.07) is 0. The molecule has 0 aliphatic carbocycles. The minimum atomic E-state index is -1.62. The number of unbranched alkanes of at least 4 members (excludes halogenated alkanes) is 7. The molecule has 0 heterocycles. The number of carbonyl (C=O) groups is 1. The summed E-state index contributed by atoms with van der Waals surface area (Å²) in [4.78, 5) is 11.1. The van der Waals surface area contributed by atoms with E-state index >= 15 is 0 Å². The first-order valence-electron chi connectivity index (χ1n) is 11.3. The molecular weight excluding hydrogens is 368 g/mol. The highest BCUT2D eigenvalue weighted by Gasteiger charge is 2.27. The summed E-state index contributed by atoms with van der Waals surface area (Å²) >= 11 is 0. The third-order valence-electron chi connectivity index (χ3n) is 4.83. The van der Waals surface area contributed by atoms with Crippen molar-refractivity contribution in [2.45, 2.75) is 116 Å². The number of hydrogen-bond donors (Lipinski definition) is 0. The second kappa shape index (κ2) is 17.2. The summed E-state index contributed by atoms with van der Waals surface area (Å²) in [5.74, 6) is -0.103. The van der Waals surface area contributed by atoms with E-state index in [-0.39, 0.29) is 18.2 Å². The summed E-state index contributed by atoms with van der Waals surface area (Å²) in [6.45, 7) is 8.99. The van der Waals surface area contributed by atoms with Gasteiger partial charge in [-0.15, -0.1) is 0 Å². The van der Waals surface area contributed by atoms with Crippen molar-refractivity contribution in [1.29, 1.82) is 0 Å². The van der Waals surface area contributed by atoms with E-state index < -0.39 is 8.32 Å². The molecule has 0 aliphatic heterocycles. The minimum Gasteiger partial charge on any atom is -0.469 e. The van der Waals surface area contributed by atoms with Gasteiger partial charge in [0, 0.05) is 13.5 Å². The van der Waals surface area contributed by atoms with Crippen LogP contribution in [-0.4, -0.2) is 40.7 Å². The van der Waals surface area contributed by atoms with Gasteiger partial charge in [0.05, 0.1) is 19.3 Å². The first-order chi connectivity index (χ1) is 13.3. The number of methoxy groups -OCH3 is 2. The van der Waals surface area contributed by atoms with E-state index in [0.29, 0.717) is 6.42 Å². The van der Waals surface area contributed by atoms with Gasteiger partial charge in [0.25, 0.3) is 0 Å². The predicted octanol–water partition coefficient (Wildman–Crippen LogP) is 6.65. The highest BCUT2D eigenvalue weighted by Crippen LogP contribution is 2.21. The van der Waals surface area contributed by atoms with Crippen LogP contribution in [0.2, 0.25) is 19.6 Å².